The largest absolute Gasteiger partial charge is 0.433 e. The Morgan fingerprint density at radius 1 is 1.30 bits per heavy atom. The van der Waals surface area contributed by atoms with E-state index in [0.29, 0.717) is 5.02 Å². The van der Waals surface area contributed by atoms with Gasteiger partial charge in [-0.25, -0.2) is 0 Å². The topological polar surface area (TPSA) is 61.0 Å². The number of aliphatic imine (C=N–C) groups is 1. The highest BCUT2D eigenvalue weighted by Crippen LogP contribution is 2.28. The van der Waals surface area contributed by atoms with Crippen LogP contribution in [0.2, 0.25) is 5.02 Å². The first-order valence-corrected chi connectivity index (χ1v) is 5.88. The second kappa shape index (κ2) is 5.54. The van der Waals surface area contributed by atoms with E-state index in [2.05, 4.69) is 4.99 Å². The van der Waals surface area contributed by atoms with Crippen LogP contribution in [0.25, 0.3) is 0 Å². The van der Waals surface area contributed by atoms with E-state index >= 15 is 0 Å². The van der Waals surface area contributed by atoms with Crippen molar-refractivity contribution in [3.8, 4) is 0 Å². The minimum absolute atomic E-state index is 0.127. The van der Waals surface area contributed by atoms with Gasteiger partial charge in [0, 0.05) is 11.2 Å². The van der Waals surface area contributed by atoms with Crippen molar-refractivity contribution >= 4 is 17.8 Å². The fourth-order valence-electron chi connectivity index (χ4n) is 1.59. The van der Waals surface area contributed by atoms with Crippen molar-refractivity contribution in [2.75, 3.05) is 0 Å². The van der Waals surface area contributed by atoms with Crippen molar-refractivity contribution in [3.05, 3.63) is 56.5 Å². The molecule has 1 aromatic carbocycles. The summed E-state index contributed by atoms with van der Waals surface area (Å²) in [5.41, 5.74) is -1.82. The quantitative estimate of drug-likeness (QED) is 0.841. The monoisotopic (exact) mass is 303 g/mol. The highest BCUT2D eigenvalue weighted by Gasteiger charge is 2.36. The molecule has 106 valence electrons. The standard InChI is InChI=1S/C12H9ClF3N3O/c13-8-3-1-2-7(4-8)5-17-6-9-10(12(14,15)16)18-19-11(9)20/h1-4,6H,5H2,(H2,18,19,20). The molecule has 2 N–H and O–H groups in total. The van der Waals surface area contributed by atoms with Gasteiger partial charge < -0.3 is 0 Å². The Morgan fingerprint density at radius 2 is 2.05 bits per heavy atom. The SMILES string of the molecule is O=c1[nH][nH]c(C(F)(F)F)c1C=NCc1cccc(Cl)c1. The Hall–Kier alpha value is -2.02. The molecule has 0 saturated carbocycles. The third-order valence-corrected chi connectivity index (χ3v) is 2.72. The summed E-state index contributed by atoms with van der Waals surface area (Å²) in [5.74, 6) is 0. The summed E-state index contributed by atoms with van der Waals surface area (Å²) in [7, 11) is 0. The molecule has 1 aromatic heterocycles. The predicted molar refractivity (Wildman–Crippen MR) is 69.2 cm³/mol. The number of benzene rings is 1. The molecular formula is C12H9ClF3N3O. The third kappa shape index (κ3) is 3.30. The van der Waals surface area contributed by atoms with Crippen LogP contribution in [0.15, 0.2) is 34.1 Å². The first-order chi connectivity index (χ1) is 9.38. The molecule has 4 nitrogen and oxygen atoms in total. The van der Waals surface area contributed by atoms with Crippen LogP contribution in [0, 0.1) is 0 Å². The van der Waals surface area contributed by atoms with E-state index in [1.807, 2.05) is 5.10 Å². The molecule has 2 aromatic rings. The van der Waals surface area contributed by atoms with E-state index in [-0.39, 0.29) is 6.54 Å². The van der Waals surface area contributed by atoms with Gasteiger partial charge in [-0.1, -0.05) is 23.7 Å². The van der Waals surface area contributed by atoms with Crippen molar-refractivity contribution in [2.24, 2.45) is 4.99 Å². The molecule has 1 heterocycles. The molecule has 0 aliphatic rings. The fraction of sp³-hybridized carbons (Fsp3) is 0.167. The summed E-state index contributed by atoms with van der Waals surface area (Å²) >= 11 is 5.77. The lowest BCUT2D eigenvalue weighted by atomic mass is 10.2. The van der Waals surface area contributed by atoms with Gasteiger partial charge in [0.2, 0.25) is 0 Å². The Balaban J connectivity index is 2.20. The maximum atomic E-state index is 12.6. The number of nitrogens with one attached hydrogen (secondary N) is 2. The maximum absolute atomic E-state index is 12.6. The molecule has 0 radical (unpaired) electrons. The number of aromatic nitrogens is 2. The van der Waals surface area contributed by atoms with Crippen molar-refractivity contribution in [1.29, 1.82) is 0 Å². The predicted octanol–water partition coefficient (Wildman–Crippen LogP) is 2.99. The van der Waals surface area contributed by atoms with Gasteiger partial charge in [0.25, 0.3) is 5.56 Å². The molecular weight excluding hydrogens is 295 g/mol. The number of rotatable bonds is 3. The summed E-state index contributed by atoms with van der Waals surface area (Å²) in [6.07, 6.45) is -3.74. The number of hydrogen-bond donors (Lipinski definition) is 2. The third-order valence-electron chi connectivity index (χ3n) is 2.48. The van der Waals surface area contributed by atoms with E-state index < -0.39 is 23.0 Å². The van der Waals surface area contributed by atoms with Crippen molar-refractivity contribution in [1.82, 2.24) is 10.2 Å². The molecule has 2 rings (SSSR count). The number of alkyl halides is 3. The first kappa shape index (κ1) is 14.4. The van der Waals surface area contributed by atoms with Crippen LogP contribution >= 0.6 is 11.6 Å². The van der Waals surface area contributed by atoms with Crippen LogP contribution < -0.4 is 5.56 Å². The Kier molecular flexibility index (Phi) is 3.99. The molecule has 0 aliphatic carbocycles. The van der Waals surface area contributed by atoms with Crippen LogP contribution in [-0.2, 0) is 12.7 Å². The van der Waals surface area contributed by atoms with Crippen LogP contribution in [0.3, 0.4) is 0 Å². The van der Waals surface area contributed by atoms with Crippen LogP contribution in [0.4, 0.5) is 13.2 Å². The van der Waals surface area contributed by atoms with E-state index in [1.54, 1.807) is 29.4 Å². The van der Waals surface area contributed by atoms with Crippen LogP contribution in [-0.4, -0.2) is 16.4 Å². The van der Waals surface area contributed by atoms with Gasteiger partial charge in [0.15, 0.2) is 5.69 Å². The zero-order valence-electron chi connectivity index (χ0n) is 9.96. The van der Waals surface area contributed by atoms with Gasteiger partial charge in [-0.05, 0) is 17.7 Å². The summed E-state index contributed by atoms with van der Waals surface area (Å²) in [5, 5.41) is 4.19. The van der Waals surface area contributed by atoms with Crippen molar-refractivity contribution in [2.45, 2.75) is 12.7 Å². The lowest BCUT2D eigenvalue weighted by Crippen LogP contribution is -2.12. The lowest BCUT2D eigenvalue weighted by molar-refractivity contribution is -0.141. The number of halogens is 4. The maximum Gasteiger partial charge on any atom is 0.433 e. The van der Waals surface area contributed by atoms with E-state index in [9.17, 15) is 18.0 Å². The molecule has 8 heteroatoms. The van der Waals surface area contributed by atoms with E-state index in [1.165, 1.54) is 0 Å². The highest BCUT2D eigenvalue weighted by molar-refractivity contribution is 6.30. The van der Waals surface area contributed by atoms with Gasteiger partial charge >= 0.3 is 6.18 Å². The normalized spacial score (nSPS) is 12.2. The zero-order valence-corrected chi connectivity index (χ0v) is 10.7. The Bertz CT molecular complexity index is 688. The number of nitrogens with zero attached hydrogens (tertiary/aromatic N) is 1. The molecule has 0 saturated heterocycles. The van der Waals surface area contributed by atoms with Gasteiger partial charge in [-0.3, -0.25) is 20.0 Å². The summed E-state index contributed by atoms with van der Waals surface area (Å²) in [6, 6.07) is 6.75. The zero-order chi connectivity index (χ0) is 14.8. The lowest BCUT2D eigenvalue weighted by Gasteiger charge is -2.03. The smallest absolute Gasteiger partial charge is 0.293 e. The second-order valence-electron chi connectivity index (χ2n) is 3.97. The van der Waals surface area contributed by atoms with Crippen molar-refractivity contribution < 1.29 is 13.2 Å². The Labute approximate surface area is 116 Å². The van der Waals surface area contributed by atoms with Gasteiger partial charge in [-0.15, -0.1) is 0 Å². The molecule has 0 spiro atoms. The number of H-pyrrole nitrogens is 2. The number of hydrogen-bond acceptors (Lipinski definition) is 2. The summed E-state index contributed by atoms with van der Waals surface area (Å²) in [6.45, 7) is 0.127. The summed E-state index contributed by atoms with van der Waals surface area (Å²) in [4.78, 5) is 15.1. The highest BCUT2D eigenvalue weighted by atomic mass is 35.5. The van der Waals surface area contributed by atoms with Gasteiger partial charge in [0.05, 0.1) is 12.1 Å². The molecule has 0 fully saturated rings. The summed E-state index contributed by atoms with van der Waals surface area (Å²) < 4.78 is 37.8. The minimum Gasteiger partial charge on any atom is -0.293 e. The Morgan fingerprint density at radius 3 is 2.70 bits per heavy atom. The van der Waals surface area contributed by atoms with Crippen molar-refractivity contribution in [3.63, 3.8) is 0 Å². The molecule has 0 bridgehead atoms. The second-order valence-corrected chi connectivity index (χ2v) is 4.40. The van der Waals surface area contributed by atoms with E-state index in [0.717, 1.165) is 11.8 Å². The molecule has 0 aliphatic heterocycles. The van der Waals surface area contributed by atoms with Gasteiger partial charge in [0.1, 0.15) is 0 Å². The molecule has 0 unspecified atom stereocenters. The number of aromatic amines is 2. The fourth-order valence-corrected chi connectivity index (χ4v) is 1.80. The molecule has 0 atom stereocenters. The van der Waals surface area contributed by atoms with Crippen LogP contribution in [0.1, 0.15) is 16.8 Å². The van der Waals surface area contributed by atoms with Gasteiger partial charge in [-0.2, -0.15) is 13.2 Å². The molecule has 20 heavy (non-hydrogen) atoms. The minimum atomic E-state index is -4.64. The van der Waals surface area contributed by atoms with Crippen LogP contribution in [0.5, 0.6) is 0 Å². The average molecular weight is 304 g/mol. The average Bonchev–Trinajstić information content (AvgIpc) is 2.71. The van der Waals surface area contributed by atoms with E-state index in [4.69, 9.17) is 11.6 Å². The first-order valence-electron chi connectivity index (χ1n) is 5.50. The molecule has 0 amide bonds.